The third kappa shape index (κ3) is 7.58. The van der Waals surface area contributed by atoms with Gasteiger partial charge in [-0.2, -0.15) is 0 Å². The lowest BCUT2D eigenvalue weighted by Crippen LogP contribution is -2.19. The Kier molecular flexibility index (Phi) is 8.33. The molecule has 0 saturated carbocycles. The van der Waals surface area contributed by atoms with Crippen molar-refractivity contribution in [3.63, 3.8) is 0 Å². The fourth-order valence-electron chi connectivity index (χ4n) is 3.61. The Morgan fingerprint density at radius 1 is 1.10 bits per heavy atom. The molecule has 1 aromatic rings. The minimum atomic E-state index is -0.137. The summed E-state index contributed by atoms with van der Waals surface area (Å²) in [6.07, 6.45) is 15.8. The van der Waals surface area contributed by atoms with Crippen molar-refractivity contribution in [2.24, 2.45) is 5.41 Å². The standard InChI is InChI=1S/C26H33NOS/c1-19(11-16-24-21(3)10-7-17-26(24,4)5)8-6-9-20(2)18-25(28)27-22-12-14-23(29)15-13-22/h6,8-9,11-16,18,29H,7,10,17H2,1-5H3,(H,27,28)/b9-6+,16-11+,19-8+,20-18+. The molecule has 0 atom stereocenters. The first-order valence-electron chi connectivity index (χ1n) is 10.2. The van der Waals surface area contributed by atoms with Gasteiger partial charge in [-0.25, -0.2) is 0 Å². The largest absolute Gasteiger partial charge is 0.323 e. The van der Waals surface area contributed by atoms with E-state index in [0.717, 1.165) is 16.2 Å². The number of hydrogen-bond acceptors (Lipinski definition) is 2. The van der Waals surface area contributed by atoms with E-state index >= 15 is 0 Å². The Labute approximate surface area is 181 Å². The van der Waals surface area contributed by atoms with Crippen LogP contribution in [0.5, 0.6) is 0 Å². The summed E-state index contributed by atoms with van der Waals surface area (Å²) in [7, 11) is 0. The molecule has 0 radical (unpaired) electrons. The highest BCUT2D eigenvalue weighted by molar-refractivity contribution is 7.80. The van der Waals surface area contributed by atoms with E-state index in [9.17, 15) is 4.79 Å². The van der Waals surface area contributed by atoms with Gasteiger partial charge in [0.25, 0.3) is 0 Å². The second-order valence-electron chi connectivity index (χ2n) is 8.46. The molecule has 3 heteroatoms. The van der Waals surface area contributed by atoms with E-state index in [4.69, 9.17) is 0 Å². The van der Waals surface area contributed by atoms with E-state index < -0.39 is 0 Å². The van der Waals surface area contributed by atoms with Crippen molar-refractivity contribution in [1.82, 2.24) is 0 Å². The number of anilines is 1. The van der Waals surface area contributed by atoms with Crippen LogP contribution in [0.2, 0.25) is 0 Å². The number of allylic oxidation sites excluding steroid dienone is 9. The van der Waals surface area contributed by atoms with Gasteiger partial charge in [-0.15, -0.1) is 12.6 Å². The first-order valence-corrected chi connectivity index (χ1v) is 10.6. The molecule has 0 bridgehead atoms. The molecule has 154 valence electrons. The highest BCUT2D eigenvalue weighted by Crippen LogP contribution is 2.40. The van der Waals surface area contributed by atoms with Crippen molar-refractivity contribution < 1.29 is 4.79 Å². The van der Waals surface area contributed by atoms with E-state index in [1.165, 1.54) is 36.0 Å². The summed E-state index contributed by atoms with van der Waals surface area (Å²) < 4.78 is 0. The summed E-state index contributed by atoms with van der Waals surface area (Å²) in [6.45, 7) is 10.9. The molecule has 29 heavy (non-hydrogen) atoms. The maximum absolute atomic E-state index is 12.1. The minimum Gasteiger partial charge on any atom is -0.323 e. The summed E-state index contributed by atoms with van der Waals surface area (Å²) in [5, 5.41) is 2.85. The highest BCUT2D eigenvalue weighted by atomic mass is 32.1. The zero-order valence-electron chi connectivity index (χ0n) is 18.3. The van der Waals surface area contributed by atoms with Gasteiger partial charge in [-0.05, 0) is 80.9 Å². The van der Waals surface area contributed by atoms with Crippen LogP contribution in [0.15, 0.2) is 87.9 Å². The van der Waals surface area contributed by atoms with Crippen LogP contribution in [0.3, 0.4) is 0 Å². The molecule has 1 aromatic carbocycles. The van der Waals surface area contributed by atoms with Crippen molar-refractivity contribution in [3.05, 3.63) is 83.0 Å². The predicted molar refractivity (Wildman–Crippen MR) is 128 cm³/mol. The van der Waals surface area contributed by atoms with Crippen LogP contribution in [0.1, 0.15) is 53.9 Å². The number of carbonyl (C=O) groups is 1. The molecule has 1 N–H and O–H groups in total. The van der Waals surface area contributed by atoms with Crippen LogP contribution in [0.4, 0.5) is 5.69 Å². The second-order valence-corrected chi connectivity index (χ2v) is 8.98. The van der Waals surface area contributed by atoms with E-state index in [-0.39, 0.29) is 11.3 Å². The van der Waals surface area contributed by atoms with Gasteiger partial charge in [-0.1, -0.05) is 55.4 Å². The van der Waals surface area contributed by atoms with E-state index in [2.05, 4.69) is 63.9 Å². The zero-order chi connectivity index (χ0) is 21.4. The van der Waals surface area contributed by atoms with Gasteiger partial charge in [-0.3, -0.25) is 4.79 Å². The highest BCUT2D eigenvalue weighted by Gasteiger charge is 2.26. The Morgan fingerprint density at radius 2 is 1.79 bits per heavy atom. The Morgan fingerprint density at radius 3 is 2.45 bits per heavy atom. The molecule has 0 saturated heterocycles. The van der Waals surface area contributed by atoms with Crippen LogP contribution < -0.4 is 5.32 Å². The lowest BCUT2D eigenvalue weighted by molar-refractivity contribution is -0.111. The molecule has 1 aliphatic carbocycles. The van der Waals surface area contributed by atoms with Crippen molar-refractivity contribution in [3.8, 4) is 0 Å². The van der Waals surface area contributed by atoms with Crippen LogP contribution in [-0.2, 0) is 4.79 Å². The molecule has 0 aliphatic heterocycles. The van der Waals surface area contributed by atoms with Crippen molar-refractivity contribution in [2.45, 2.75) is 58.8 Å². The summed E-state index contributed by atoms with van der Waals surface area (Å²) >= 11 is 4.24. The number of hydrogen-bond donors (Lipinski definition) is 2. The fraction of sp³-hybridized carbons (Fsp3) is 0.346. The normalized spacial score (nSPS) is 18.0. The molecule has 0 spiro atoms. The molecular weight excluding hydrogens is 374 g/mol. The number of rotatable bonds is 6. The molecule has 0 heterocycles. The quantitative estimate of drug-likeness (QED) is 0.286. The Balaban J connectivity index is 1.95. The van der Waals surface area contributed by atoms with E-state index in [0.29, 0.717) is 0 Å². The van der Waals surface area contributed by atoms with Gasteiger partial charge in [0.15, 0.2) is 0 Å². The van der Waals surface area contributed by atoms with Crippen molar-refractivity contribution in [2.75, 3.05) is 5.32 Å². The number of nitrogens with one attached hydrogen (secondary N) is 1. The summed E-state index contributed by atoms with van der Waals surface area (Å²) in [5.41, 5.74) is 6.08. The lowest BCUT2D eigenvalue weighted by Gasteiger charge is -2.32. The monoisotopic (exact) mass is 407 g/mol. The maximum Gasteiger partial charge on any atom is 0.248 e. The van der Waals surface area contributed by atoms with Gasteiger partial charge in [0.05, 0.1) is 0 Å². The Bertz CT molecular complexity index is 880. The van der Waals surface area contributed by atoms with E-state index in [1.807, 2.05) is 43.3 Å². The fourth-order valence-corrected chi connectivity index (χ4v) is 3.76. The number of amides is 1. The van der Waals surface area contributed by atoms with Gasteiger partial charge >= 0.3 is 0 Å². The Hall–Kier alpha value is -2.26. The third-order valence-electron chi connectivity index (χ3n) is 5.27. The smallest absolute Gasteiger partial charge is 0.248 e. The second kappa shape index (κ2) is 10.5. The van der Waals surface area contributed by atoms with Crippen LogP contribution >= 0.6 is 12.6 Å². The summed E-state index contributed by atoms with van der Waals surface area (Å²) in [5.74, 6) is -0.137. The SMILES string of the molecule is CC1=C(/C=C/C(C)=C/C=C/C(C)=C/C(=O)Nc2ccc(S)cc2)C(C)(C)CCC1. The average molecular weight is 408 g/mol. The van der Waals surface area contributed by atoms with Gasteiger partial charge in [0.2, 0.25) is 5.91 Å². The molecular formula is C26H33NOS. The molecule has 0 fully saturated rings. The molecule has 1 aliphatic rings. The number of thiol groups is 1. The van der Waals surface area contributed by atoms with Gasteiger partial charge in [0, 0.05) is 16.7 Å². The molecule has 2 nitrogen and oxygen atoms in total. The number of benzene rings is 1. The molecule has 2 rings (SSSR count). The average Bonchev–Trinajstić information content (AvgIpc) is 2.62. The van der Waals surface area contributed by atoms with Crippen molar-refractivity contribution in [1.29, 1.82) is 0 Å². The maximum atomic E-state index is 12.1. The number of carbonyl (C=O) groups excluding carboxylic acids is 1. The first kappa shape index (κ1) is 23.0. The first-order chi connectivity index (χ1) is 13.7. The van der Waals surface area contributed by atoms with Crippen LogP contribution in [0.25, 0.3) is 0 Å². The summed E-state index contributed by atoms with van der Waals surface area (Å²) in [6, 6.07) is 7.37. The zero-order valence-corrected chi connectivity index (χ0v) is 19.1. The predicted octanol–water partition coefficient (Wildman–Crippen LogP) is 7.45. The third-order valence-corrected chi connectivity index (χ3v) is 5.57. The van der Waals surface area contributed by atoms with Crippen molar-refractivity contribution >= 4 is 24.2 Å². The molecule has 1 amide bonds. The van der Waals surface area contributed by atoms with Gasteiger partial charge in [0.1, 0.15) is 0 Å². The lowest BCUT2D eigenvalue weighted by atomic mass is 9.72. The summed E-state index contributed by atoms with van der Waals surface area (Å²) in [4.78, 5) is 13.0. The minimum absolute atomic E-state index is 0.137. The molecule has 0 unspecified atom stereocenters. The topological polar surface area (TPSA) is 29.1 Å². The molecule has 0 aromatic heterocycles. The van der Waals surface area contributed by atoms with Crippen LogP contribution in [0, 0.1) is 5.41 Å². The van der Waals surface area contributed by atoms with E-state index in [1.54, 1.807) is 6.08 Å². The van der Waals surface area contributed by atoms with Crippen LogP contribution in [-0.4, -0.2) is 5.91 Å². The van der Waals surface area contributed by atoms with Gasteiger partial charge < -0.3 is 5.32 Å².